The highest BCUT2D eigenvalue weighted by molar-refractivity contribution is 7.90. The van der Waals surface area contributed by atoms with Gasteiger partial charge in [0, 0.05) is 18.2 Å². The Morgan fingerprint density at radius 2 is 1.93 bits per heavy atom. The Morgan fingerprint density at radius 1 is 1.21 bits per heavy atom. The van der Waals surface area contributed by atoms with Gasteiger partial charge in [-0.05, 0) is 36.8 Å². The van der Waals surface area contributed by atoms with Crippen molar-refractivity contribution in [3.05, 3.63) is 53.8 Å². The van der Waals surface area contributed by atoms with E-state index in [4.69, 9.17) is 0 Å². The molecular formula is C20H22FN3O3S. The van der Waals surface area contributed by atoms with Crippen LogP contribution in [0.5, 0.6) is 0 Å². The number of fused-ring (bicyclic) bond motifs is 1. The largest absolute Gasteiger partial charge is 0.326 e. The van der Waals surface area contributed by atoms with Crippen molar-refractivity contribution in [3.8, 4) is 0 Å². The van der Waals surface area contributed by atoms with Crippen LogP contribution < -0.4 is 10.2 Å². The van der Waals surface area contributed by atoms with Gasteiger partial charge in [-0.25, -0.2) is 4.39 Å². The number of carbonyl (C=O) groups is 1. The fourth-order valence-corrected chi connectivity index (χ4v) is 4.16. The van der Waals surface area contributed by atoms with Crippen LogP contribution in [-0.2, 0) is 14.8 Å². The van der Waals surface area contributed by atoms with E-state index in [-0.39, 0.29) is 28.1 Å². The second-order valence-electron chi connectivity index (χ2n) is 6.85. The number of carbonyl (C=O) groups excluding carboxylic acids is 1. The Labute approximate surface area is 164 Å². The number of hydrogen-bond acceptors (Lipinski definition) is 4. The van der Waals surface area contributed by atoms with Crippen molar-refractivity contribution >= 4 is 33.1 Å². The summed E-state index contributed by atoms with van der Waals surface area (Å²) >= 11 is 0. The van der Waals surface area contributed by atoms with E-state index in [9.17, 15) is 17.6 Å². The second kappa shape index (κ2) is 7.71. The number of amides is 1. The first kappa shape index (κ1) is 20.0. The van der Waals surface area contributed by atoms with Crippen LogP contribution in [0.25, 0.3) is 0 Å². The molecule has 0 fully saturated rings. The zero-order chi connectivity index (χ0) is 20.5. The molecule has 2 aromatic rings. The molecule has 0 radical (unpaired) electrons. The van der Waals surface area contributed by atoms with E-state index in [1.54, 1.807) is 43.0 Å². The van der Waals surface area contributed by atoms with Gasteiger partial charge in [0.05, 0.1) is 11.3 Å². The van der Waals surface area contributed by atoms with Crippen molar-refractivity contribution in [3.63, 3.8) is 0 Å². The van der Waals surface area contributed by atoms with Crippen LogP contribution in [-0.4, -0.2) is 26.7 Å². The highest BCUT2D eigenvalue weighted by atomic mass is 32.2. The van der Waals surface area contributed by atoms with Crippen LogP contribution in [0.3, 0.4) is 0 Å². The van der Waals surface area contributed by atoms with Crippen LogP contribution in [0, 0.1) is 11.7 Å². The Bertz CT molecular complexity index is 1050. The van der Waals surface area contributed by atoms with Crippen molar-refractivity contribution < 1.29 is 17.6 Å². The smallest absolute Gasteiger partial charge is 0.286 e. The number of nitrogens with one attached hydrogen (secondary N) is 1. The number of sulfonamides is 1. The summed E-state index contributed by atoms with van der Waals surface area (Å²) in [5.74, 6) is -0.933. The summed E-state index contributed by atoms with van der Waals surface area (Å²) in [5.41, 5.74) is 0.919. The highest BCUT2D eigenvalue weighted by Crippen LogP contribution is 2.35. The molecule has 6 nitrogen and oxygen atoms in total. The van der Waals surface area contributed by atoms with E-state index >= 15 is 0 Å². The van der Waals surface area contributed by atoms with Gasteiger partial charge in [0.2, 0.25) is 5.91 Å². The average Bonchev–Trinajstić information content (AvgIpc) is 2.64. The third-order valence-corrected chi connectivity index (χ3v) is 5.64. The molecule has 1 heterocycles. The van der Waals surface area contributed by atoms with Crippen molar-refractivity contribution in [2.75, 3.05) is 16.8 Å². The first-order chi connectivity index (χ1) is 13.2. The number of benzene rings is 2. The number of amidine groups is 1. The molecule has 0 bridgehead atoms. The molecule has 2 aromatic carbocycles. The first-order valence-corrected chi connectivity index (χ1v) is 10.5. The van der Waals surface area contributed by atoms with Crippen LogP contribution in [0.4, 0.5) is 15.8 Å². The maximum atomic E-state index is 14.3. The van der Waals surface area contributed by atoms with Gasteiger partial charge in [0.1, 0.15) is 10.7 Å². The molecule has 148 valence electrons. The monoisotopic (exact) mass is 403 g/mol. The van der Waals surface area contributed by atoms with Crippen molar-refractivity contribution in [2.24, 2.45) is 10.3 Å². The van der Waals surface area contributed by atoms with E-state index in [0.29, 0.717) is 24.3 Å². The third kappa shape index (κ3) is 3.77. The Balaban J connectivity index is 2.13. The van der Waals surface area contributed by atoms with E-state index in [1.165, 1.54) is 18.2 Å². The molecule has 0 aromatic heterocycles. The quantitative estimate of drug-likeness (QED) is 0.824. The molecule has 0 spiro atoms. The fourth-order valence-electron chi connectivity index (χ4n) is 2.92. The molecule has 1 N–H and O–H groups in total. The van der Waals surface area contributed by atoms with E-state index < -0.39 is 15.8 Å². The van der Waals surface area contributed by atoms with Gasteiger partial charge in [-0.1, -0.05) is 32.9 Å². The van der Waals surface area contributed by atoms with Crippen LogP contribution in [0.2, 0.25) is 0 Å². The number of halogens is 1. The molecular weight excluding hydrogens is 381 g/mol. The van der Waals surface area contributed by atoms with E-state index in [0.717, 1.165) is 0 Å². The maximum Gasteiger partial charge on any atom is 0.286 e. The molecule has 0 saturated carbocycles. The molecule has 1 amide bonds. The van der Waals surface area contributed by atoms with Gasteiger partial charge >= 0.3 is 0 Å². The van der Waals surface area contributed by atoms with Gasteiger partial charge in [0.15, 0.2) is 5.84 Å². The van der Waals surface area contributed by atoms with Gasteiger partial charge in [0.25, 0.3) is 10.0 Å². The maximum absolute atomic E-state index is 14.3. The Kier molecular flexibility index (Phi) is 5.51. The Morgan fingerprint density at radius 3 is 2.57 bits per heavy atom. The predicted octanol–water partition coefficient (Wildman–Crippen LogP) is 3.79. The fraction of sp³-hybridized carbons (Fsp3) is 0.300. The summed E-state index contributed by atoms with van der Waals surface area (Å²) in [4.78, 5) is 13.6. The molecule has 1 aliphatic rings. The summed E-state index contributed by atoms with van der Waals surface area (Å²) in [7, 11) is -4.06. The number of rotatable bonds is 5. The molecule has 0 unspecified atom stereocenters. The van der Waals surface area contributed by atoms with Gasteiger partial charge in [-0.2, -0.15) is 8.42 Å². The lowest BCUT2D eigenvalue weighted by atomic mass is 10.1. The SMILES string of the molecule is CCCN1C(c2ccccc2F)=NS(=O)(=O)c2cc(NC(=O)C(C)C)ccc21. The topological polar surface area (TPSA) is 78.8 Å². The van der Waals surface area contributed by atoms with Crippen LogP contribution in [0.1, 0.15) is 32.8 Å². The van der Waals surface area contributed by atoms with Crippen molar-refractivity contribution in [1.82, 2.24) is 0 Å². The summed E-state index contributed by atoms with van der Waals surface area (Å²) < 4.78 is 43.9. The lowest BCUT2D eigenvalue weighted by Crippen LogP contribution is -2.37. The molecule has 3 rings (SSSR count). The van der Waals surface area contributed by atoms with E-state index in [2.05, 4.69) is 9.71 Å². The Hall–Kier alpha value is -2.74. The van der Waals surface area contributed by atoms with Crippen LogP contribution in [0.15, 0.2) is 51.8 Å². The molecule has 1 aliphatic heterocycles. The summed E-state index contributed by atoms with van der Waals surface area (Å²) in [5, 5.41) is 2.70. The minimum atomic E-state index is -4.06. The van der Waals surface area contributed by atoms with Crippen molar-refractivity contribution in [2.45, 2.75) is 32.1 Å². The lowest BCUT2D eigenvalue weighted by Gasteiger charge is -2.31. The van der Waals surface area contributed by atoms with Gasteiger partial charge < -0.3 is 10.2 Å². The molecule has 0 aliphatic carbocycles. The zero-order valence-corrected chi connectivity index (χ0v) is 16.8. The molecule has 0 saturated heterocycles. The first-order valence-electron chi connectivity index (χ1n) is 9.07. The average molecular weight is 403 g/mol. The van der Waals surface area contributed by atoms with Gasteiger partial charge in [-0.3, -0.25) is 4.79 Å². The van der Waals surface area contributed by atoms with Crippen LogP contribution >= 0.6 is 0 Å². The second-order valence-corrected chi connectivity index (χ2v) is 8.42. The number of anilines is 2. The number of nitrogens with zero attached hydrogens (tertiary/aromatic N) is 2. The van der Waals surface area contributed by atoms with Gasteiger partial charge in [-0.15, -0.1) is 4.40 Å². The van der Waals surface area contributed by atoms with Crippen molar-refractivity contribution in [1.29, 1.82) is 0 Å². The molecule has 28 heavy (non-hydrogen) atoms. The summed E-state index contributed by atoms with van der Waals surface area (Å²) in [6, 6.07) is 10.6. The standard InChI is InChI=1S/C20H22FN3O3S/c1-4-11-24-17-10-9-14(22-20(25)13(2)3)12-18(17)28(26,27)23-19(24)15-7-5-6-8-16(15)21/h5-10,12-13H,4,11H2,1-3H3,(H,22,25). The molecule has 0 atom stereocenters. The minimum Gasteiger partial charge on any atom is -0.326 e. The molecule has 8 heteroatoms. The third-order valence-electron chi connectivity index (χ3n) is 4.34. The highest BCUT2D eigenvalue weighted by Gasteiger charge is 2.32. The summed E-state index contributed by atoms with van der Waals surface area (Å²) in [6.45, 7) is 5.91. The minimum absolute atomic E-state index is 0.0115. The predicted molar refractivity (Wildman–Crippen MR) is 108 cm³/mol. The summed E-state index contributed by atoms with van der Waals surface area (Å²) in [6.07, 6.45) is 0.707. The normalized spacial score (nSPS) is 15.2. The zero-order valence-electron chi connectivity index (χ0n) is 15.9. The lowest BCUT2D eigenvalue weighted by molar-refractivity contribution is -0.118. The van der Waals surface area contributed by atoms with E-state index in [1.807, 2.05) is 6.92 Å². The number of hydrogen-bond donors (Lipinski definition) is 1.